The molecule has 1 aliphatic heterocycles. The number of aliphatic hydroxyl groups is 1. The maximum atomic E-state index is 13.3. The monoisotopic (exact) mass is 508 g/mol. The van der Waals surface area contributed by atoms with Crippen molar-refractivity contribution in [3.8, 4) is 0 Å². The largest absolute Gasteiger partial charge is 0.507 e. The highest BCUT2D eigenvalue weighted by molar-refractivity contribution is 7.22. The number of aliphatic hydroxyl groups excluding tert-OH is 1. The Kier molecular flexibility index (Phi) is 5.68. The van der Waals surface area contributed by atoms with Crippen LogP contribution >= 0.6 is 34.5 Å². The Hall–Kier alpha value is -3.19. The molecular formula is C26H18Cl2N2O3S. The van der Waals surface area contributed by atoms with E-state index in [4.69, 9.17) is 28.2 Å². The minimum atomic E-state index is -0.866. The first-order chi connectivity index (χ1) is 16.2. The molecule has 0 unspecified atom stereocenters. The average molecular weight is 509 g/mol. The number of benzene rings is 3. The van der Waals surface area contributed by atoms with Gasteiger partial charge in [0.05, 0.1) is 21.8 Å². The number of anilines is 1. The van der Waals surface area contributed by atoms with Gasteiger partial charge in [-0.25, -0.2) is 4.98 Å². The van der Waals surface area contributed by atoms with E-state index in [-0.39, 0.29) is 11.3 Å². The van der Waals surface area contributed by atoms with Gasteiger partial charge in [0.2, 0.25) is 0 Å². The summed E-state index contributed by atoms with van der Waals surface area (Å²) in [4.78, 5) is 32.7. The zero-order valence-corrected chi connectivity index (χ0v) is 20.5. The normalized spacial score (nSPS) is 17.6. The third kappa shape index (κ3) is 3.78. The molecule has 170 valence electrons. The second-order valence-electron chi connectivity index (χ2n) is 8.15. The lowest BCUT2D eigenvalue weighted by molar-refractivity contribution is -0.132. The fraction of sp³-hybridized carbons (Fsp3) is 0.115. The predicted octanol–water partition coefficient (Wildman–Crippen LogP) is 6.85. The highest BCUT2D eigenvalue weighted by atomic mass is 35.5. The van der Waals surface area contributed by atoms with Crippen molar-refractivity contribution in [3.63, 3.8) is 0 Å². The Morgan fingerprint density at radius 2 is 1.59 bits per heavy atom. The van der Waals surface area contributed by atoms with Crippen LogP contribution in [-0.4, -0.2) is 21.8 Å². The highest BCUT2D eigenvalue weighted by Crippen LogP contribution is 2.45. The van der Waals surface area contributed by atoms with Gasteiger partial charge in [0, 0.05) is 15.6 Å². The van der Waals surface area contributed by atoms with Crippen LogP contribution in [-0.2, 0) is 9.59 Å². The molecule has 1 atom stereocenters. The Labute approximate surface area is 209 Å². The quantitative estimate of drug-likeness (QED) is 0.186. The summed E-state index contributed by atoms with van der Waals surface area (Å²) in [6.45, 7) is 3.96. The number of rotatable bonds is 3. The number of carbonyl (C=O) groups excluding carboxylic acids is 2. The van der Waals surface area contributed by atoms with Crippen molar-refractivity contribution >= 4 is 67.3 Å². The summed E-state index contributed by atoms with van der Waals surface area (Å²) >= 11 is 13.4. The summed E-state index contributed by atoms with van der Waals surface area (Å²) in [6, 6.07) is 16.5. The first-order valence-electron chi connectivity index (χ1n) is 10.4. The summed E-state index contributed by atoms with van der Waals surface area (Å²) in [7, 11) is 0. The Morgan fingerprint density at radius 1 is 0.971 bits per heavy atom. The van der Waals surface area contributed by atoms with Crippen LogP contribution in [0.15, 0.2) is 66.2 Å². The second-order valence-corrected chi connectivity index (χ2v) is 10.0. The molecule has 1 saturated heterocycles. The number of carbonyl (C=O) groups is 2. The van der Waals surface area contributed by atoms with Crippen LogP contribution in [0.25, 0.3) is 16.0 Å². The van der Waals surface area contributed by atoms with Crippen molar-refractivity contribution in [1.29, 1.82) is 0 Å². The molecule has 8 heteroatoms. The second kappa shape index (κ2) is 8.55. The van der Waals surface area contributed by atoms with Crippen LogP contribution < -0.4 is 4.90 Å². The summed E-state index contributed by atoms with van der Waals surface area (Å²) in [5.74, 6) is -1.80. The van der Waals surface area contributed by atoms with Gasteiger partial charge in [0.25, 0.3) is 5.78 Å². The minimum Gasteiger partial charge on any atom is -0.507 e. The fourth-order valence-electron chi connectivity index (χ4n) is 4.22. The van der Waals surface area contributed by atoms with E-state index in [0.29, 0.717) is 26.3 Å². The molecule has 34 heavy (non-hydrogen) atoms. The third-order valence-electron chi connectivity index (χ3n) is 5.77. The molecule has 2 heterocycles. The number of fused-ring (bicyclic) bond motifs is 1. The van der Waals surface area contributed by atoms with Gasteiger partial charge in [-0.05, 0) is 73.0 Å². The van der Waals surface area contributed by atoms with Crippen molar-refractivity contribution in [2.24, 2.45) is 0 Å². The number of aryl methyl sites for hydroxylation is 2. The predicted molar refractivity (Wildman–Crippen MR) is 137 cm³/mol. The number of nitrogens with zero attached hydrogens (tertiary/aromatic N) is 2. The smallest absolute Gasteiger partial charge is 0.301 e. The Morgan fingerprint density at radius 3 is 2.24 bits per heavy atom. The third-order valence-corrected chi connectivity index (χ3v) is 7.28. The van der Waals surface area contributed by atoms with E-state index in [0.717, 1.165) is 21.3 Å². The van der Waals surface area contributed by atoms with Crippen LogP contribution in [0.1, 0.15) is 28.3 Å². The van der Waals surface area contributed by atoms with Crippen LogP contribution in [0, 0.1) is 13.8 Å². The molecule has 1 aromatic heterocycles. The van der Waals surface area contributed by atoms with Crippen molar-refractivity contribution < 1.29 is 14.7 Å². The molecule has 5 nitrogen and oxygen atoms in total. The number of thiazole rings is 1. The zero-order valence-electron chi connectivity index (χ0n) is 18.2. The molecule has 1 aliphatic rings. The molecule has 4 aromatic rings. The first kappa shape index (κ1) is 22.6. The van der Waals surface area contributed by atoms with E-state index in [1.807, 2.05) is 26.0 Å². The van der Waals surface area contributed by atoms with Crippen molar-refractivity contribution in [2.75, 3.05) is 4.90 Å². The number of aromatic nitrogens is 1. The SMILES string of the molecule is Cc1cc(C)c2nc(N3C(=O)C(=O)C(=C(O)c4ccc(Cl)cc4)[C@@H]3c3ccc(Cl)cc3)sc2c1. The van der Waals surface area contributed by atoms with Gasteiger partial charge in [-0.3, -0.25) is 14.5 Å². The minimum absolute atomic E-state index is 0.0122. The molecule has 0 bridgehead atoms. The molecule has 0 radical (unpaired) electrons. The van der Waals surface area contributed by atoms with Crippen LogP contribution in [0.3, 0.4) is 0 Å². The molecule has 5 rings (SSSR count). The Balaban J connectivity index is 1.74. The lowest BCUT2D eigenvalue weighted by Gasteiger charge is -2.23. The number of hydrogen-bond acceptors (Lipinski definition) is 5. The molecule has 0 saturated carbocycles. The summed E-state index contributed by atoms with van der Waals surface area (Å²) in [6.07, 6.45) is 0. The van der Waals surface area contributed by atoms with Crippen molar-refractivity contribution in [2.45, 2.75) is 19.9 Å². The number of halogens is 2. The van der Waals surface area contributed by atoms with Gasteiger partial charge in [0.1, 0.15) is 5.76 Å². The fourth-order valence-corrected chi connectivity index (χ4v) is 5.64. The van der Waals surface area contributed by atoms with E-state index in [1.54, 1.807) is 48.5 Å². The van der Waals surface area contributed by atoms with E-state index < -0.39 is 17.7 Å². The molecular weight excluding hydrogens is 491 g/mol. The standard InChI is InChI=1S/C26H18Cl2N2O3S/c1-13-11-14(2)21-19(12-13)34-26(29-21)30-22(15-3-7-17(27)8-4-15)20(24(32)25(30)33)23(31)16-5-9-18(28)10-6-16/h3-12,22,31H,1-2H3/t22-/m0/s1. The van der Waals surface area contributed by atoms with Gasteiger partial charge >= 0.3 is 5.91 Å². The molecule has 1 fully saturated rings. The maximum absolute atomic E-state index is 13.3. The molecule has 1 amide bonds. The van der Waals surface area contributed by atoms with E-state index in [2.05, 4.69) is 0 Å². The topological polar surface area (TPSA) is 70.5 Å². The van der Waals surface area contributed by atoms with Gasteiger partial charge in [-0.15, -0.1) is 0 Å². The first-order valence-corrected chi connectivity index (χ1v) is 12.0. The zero-order chi connectivity index (χ0) is 24.1. The van der Waals surface area contributed by atoms with Gasteiger partial charge < -0.3 is 5.11 Å². The summed E-state index contributed by atoms with van der Waals surface area (Å²) in [5.41, 5.74) is 3.85. The lowest BCUT2D eigenvalue weighted by atomic mass is 9.95. The summed E-state index contributed by atoms with van der Waals surface area (Å²) in [5, 5.41) is 12.6. The number of ketones is 1. The van der Waals surface area contributed by atoms with Crippen LogP contribution in [0.4, 0.5) is 5.13 Å². The molecule has 1 N–H and O–H groups in total. The average Bonchev–Trinajstić information content (AvgIpc) is 3.33. The highest BCUT2D eigenvalue weighted by Gasteiger charge is 2.48. The number of amides is 1. The molecule has 0 aliphatic carbocycles. The van der Waals surface area contributed by atoms with Crippen LogP contribution in [0.5, 0.6) is 0 Å². The maximum Gasteiger partial charge on any atom is 0.301 e. The molecule has 3 aromatic carbocycles. The lowest BCUT2D eigenvalue weighted by Crippen LogP contribution is -2.29. The number of hydrogen-bond donors (Lipinski definition) is 1. The van der Waals surface area contributed by atoms with Gasteiger partial charge in [0.15, 0.2) is 5.13 Å². The van der Waals surface area contributed by atoms with Gasteiger partial charge in [-0.2, -0.15) is 0 Å². The Bertz CT molecular complexity index is 1490. The van der Waals surface area contributed by atoms with Gasteiger partial charge in [-0.1, -0.05) is 52.7 Å². The van der Waals surface area contributed by atoms with E-state index >= 15 is 0 Å². The van der Waals surface area contributed by atoms with Crippen LogP contribution in [0.2, 0.25) is 10.0 Å². The van der Waals surface area contributed by atoms with E-state index in [1.165, 1.54) is 16.2 Å². The van der Waals surface area contributed by atoms with E-state index in [9.17, 15) is 14.7 Å². The number of Topliss-reactive ketones (excluding diaryl/α,β-unsaturated/α-hetero) is 1. The van der Waals surface area contributed by atoms with Crippen molar-refractivity contribution in [1.82, 2.24) is 4.98 Å². The molecule has 0 spiro atoms. The summed E-state index contributed by atoms with van der Waals surface area (Å²) < 4.78 is 0.918. The van der Waals surface area contributed by atoms with Crippen molar-refractivity contribution in [3.05, 3.63) is 98.5 Å².